The van der Waals surface area contributed by atoms with Crippen LogP contribution in [0, 0.1) is 0 Å². The third kappa shape index (κ3) is 4.15. The van der Waals surface area contributed by atoms with Crippen LogP contribution in [0.25, 0.3) is 0 Å². The third-order valence-electron chi connectivity index (χ3n) is 2.33. The summed E-state index contributed by atoms with van der Waals surface area (Å²) in [5.41, 5.74) is 0. The first-order valence-corrected chi connectivity index (χ1v) is 7.14. The molecule has 0 spiro atoms. The zero-order valence-corrected chi connectivity index (χ0v) is 12.8. The maximum atomic E-state index is 12.7. The maximum Gasteiger partial charge on any atom is 0.451 e. The van der Waals surface area contributed by atoms with E-state index >= 15 is 0 Å². The number of rotatable bonds is 3. The van der Waals surface area contributed by atoms with Gasteiger partial charge in [-0.2, -0.15) is 13.2 Å². The van der Waals surface area contributed by atoms with Crippen molar-refractivity contribution in [3.8, 4) is 0 Å². The lowest BCUT2D eigenvalue weighted by Gasteiger charge is -2.10. The Morgan fingerprint density at radius 1 is 1.10 bits per heavy atom. The molecule has 0 radical (unpaired) electrons. The Kier molecular flexibility index (Phi) is 4.85. The largest absolute Gasteiger partial charge is 0.451 e. The van der Waals surface area contributed by atoms with E-state index in [4.69, 9.17) is 23.2 Å². The molecule has 0 aliphatic carbocycles. The highest BCUT2D eigenvalue weighted by Gasteiger charge is 2.35. The monoisotopic (exact) mass is 353 g/mol. The van der Waals surface area contributed by atoms with E-state index in [-0.39, 0.29) is 10.8 Å². The van der Waals surface area contributed by atoms with Crippen molar-refractivity contribution in [3.05, 3.63) is 40.1 Å². The molecule has 9 heteroatoms. The number of aromatic nitrogens is 2. The molecule has 1 aromatic carbocycles. The second-order valence-electron chi connectivity index (χ2n) is 3.84. The predicted octanol–water partition coefficient (Wildman–Crippen LogP) is 5.00. The van der Waals surface area contributed by atoms with Crippen LogP contribution >= 0.6 is 35.0 Å². The molecule has 0 atom stereocenters. The van der Waals surface area contributed by atoms with Gasteiger partial charge in [-0.25, -0.2) is 9.97 Å². The van der Waals surface area contributed by atoms with Crippen molar-refractivity contribution >= 4 is 40.8 Å². The lowest BCUT2D eigenvalue weighted by atomic mass is 10.4. The van der Waals surface area contributed by atoms with Gasteiger partial charge in [0.2, 0.25) is 5.82 Å². The van der Waals surface area contributed by atoms with Crippen molar-refractivity contribution in [2.45, 2.75) is 16.1 Å². The van der Waals surface area contributed by atoms with E-state index < -0.39 is 12.0 Å². The lowest BCUT2D eigenvalue weighted by Crippen LogP contribution is -2.12. The summed E-state index contributed by atoms with van der Waals surface area (Å²) in [7, 11) is 1.48. The Hall–Kier alpha value is -1.18. The molecule has 2 aromatic rings. The molecule has 0 aliphatic rings. The van der Waals surface area contributed by atoms with Crippen molar-refractivity contribution in [2.24, 2.45) is 0 Å². The first-order chi connectivity index (χ1) is 9.79. The average Bonchev–Trinajstić information content (AvgIpc) is 2.41. The molecular formula is C12H8Cl2F3N3S. The van der Waals surface area contributed by atoms with E-state index in [0.29, 0.717) is 14.9 Å². The van der Waals surface area contributed by atoms with Crippen LogP contribution in [0.5, 0.6) is 0 Å². The number of hydrogen-bond donors (Lipinski definition) is 1. The van der Waals surface area contributed by atoms with Crippen LogP contribution in [0.2, 0.25) is 10.0 Å². The zero-order chi connectivity index (χ0) is 15.6. The first-order valence-electron chi connectivity index (χ1n) is 5.56. The van der Waals surface area contributed by atoms with E-state index in [9.17, 15) is 13.2 Å². The van der Waals surface area contributed by atoms with Gasteiger partial charge in [0.05, 0.1) is 10.0 Å². The molecule has 112 valence electrons. The van der Waals surface area contributed by atoms with Crippen molar-refractivity contribution in [1.29, 1.82) is 0 Å². The number of hydrogen-bond acceptors (Lipinski definition) is 4. The highest BCUT2D eigenvalue weighted by Crippen LogP contribution is 2.34. The van der Waals surface area contributed by atoms with Gasteiger partial charge in [-0.05, 0) is 18.2 Å². The predicted molar refractivity (Wildman–Crippen MR) is 77.2 cm³/mol. The van der Waals surface area contributed by atoms with Crippen LogP contribution in [0.15, 0.2) is 34.2 Å². The summed E-state index contributed by atoms with van der Waals surface area (Å²) >= 11 is 12.7. The molecule has 0 saturated carbocycles. The van der Waals surface area contributed by atoms with E-state index in [1.54, 1.807) is 18.2 Å². The van der Waals surface area contributed by atoms with E-state index in [2.05, 4.69) is 15.3 Å². The van der Waals surface area contributed by atoms with Gasteiger partial charge in [-0.1, -0.05) is 35.0 Å². The molecule has 3 nitrogen and oxygen atoms in total. The average molecular weight is 354 g/mol. The summed E-state index contributed by atoms with van der Waals surface area (Å²) in [6.07, 6.45) is -4.61. The van der Waals surface area contributed by atoms with Gasteiger partial charge >= 0.3 is 6.18 Å². The minimum Gasteiger partial charge on any atom is -0.373 e. The SMILES string of the molecule is CNc1cc(Sc2ccc(Cl)c(Cl)c2)nc(C(F)(F)F)n1. The minimum absolute atomic E-state index is 0.0832. The molecule has 0 bridgehead atoms. The Balaban J connectivity index is 2.36. The molecule has 1 heterocycles. The second kappa shape index (κ2) is 6.29. The van der Waals surface area contributed by atoms with Gasteiger partial charge in [-0.15, -0.1) is 0 Å². The number of nitrogens with zero attached hydrogens (tertiary/aromatic N) is 2. The summed E-state index contributed by atoms with van der Waals surface area (Å²) in [6, 6.07) is 6.19. The van der Waals surface area contributed by atoms with Gasteiger partial charge in [0.25, 0.3) is 0 Å². The van der Waals surface area contributed by atoms with Gasteiger partial charge in [0.15, 0.2) is 0 Å². The zero-order valence-electron chi connectivity index (χ0n) is 10.5. The van der Waals surface area contributed by atoms with Gasteiger partial charge in [0, 0.05) is 18.0 Å². The normalized spacial score (nSPS) is 11.5. The Morgan fingerprint density at radius 3 is 2.38 bits per heavy atom. The number of alkyl halides is 3. The van der Waals surface area contributed by atoms with Crippen molar-refractivity contribution in [2.75, 3.05) is 12.4 Å². The van der Waals surface area contributed by atoms with E-state index in [1.165, 1.54) is 13.1 Å². The van der Waals surface area contributed by atoms with Crippen molar-refractivity contribution in [3.63, 3.8) is 0 Å². The topological polar surface area (TPSA) is 37.8 Å². The molecule has 0 amide bonds. The van der Waals surface area contributed by atoms with Crippen LogP contribution in [0.3, 0.4) is 0 Å². The lowest BCUT2D eigenvalue weighted by molar-refractivity contribution is -0.145. The number of benzene rings is 1. The summed E-state index contributed by atoms with van der Waals surface area (Å²) in [4.78, 5) is 7.52. The van der Waals surface area contributed by atoms with Gasteiger partial charge in [-0.3, -0.25) is 0 Å². The summed E-state index contributed by atoms with van der Waals surface area (Å²) < 4.78 is 38.2. The standard InChI is InChI=1S/C12H8Cl2F3N3S/c1-18-9-5-10(20-11(19-9)12(15,16)17)21-6-2-3-7(13)8(14)4-6/h2-5H,1H3,(H,18,19,20). The molecule has 2 rings (SSSR count). The number of anilines is 1. The van der Waals surface area contributed by atoms with Crippen LogP contribution in [-0.4, -0.2) is 17.0 Å². The minimum atomic E-state index is -4.61. The van der Waals surface area contributed by atoms with Gasteiger partial charge in [0.1, 0.15) is 10.8 Å². The van der Waals surface area contributed by atoms with Crippen molar-refractivity contribution < 1.29 is 13.2 Å². The number of halogens is 5. The summed E-state index contributed by atoms with van der Waals surface area (Å²) in [5, 5.41) is 3.42. The van der Waals surface area contributed by atoms with E-state index in [1.807, 2.05) is 0 Å². The second-order valence-corrected chi connectivity index (χ2v) is 5.75. The Labute approximate surface area is 132 Å². The first kappa shape index (κ1) is 16.2. The van der Waals surface area contributed by atoms with Crippen LogP contribution < -0.4 is 5.32 Å². The highest BCUT2D eigenvalue weighted by molar-refractivity contribution is 7.99. The molecule has 0 fully saturated rings. The molecule has 0 aliphatic heterocycles. The summed E-state index contributed by atoms with van der Waals surface area (Å²) in [6.45, 7) is 0. The van der Waals surface area contributed by atoms with Gasteiger partial charge < -0.3 is 5.32 Å². The molecular weight excluding hydrogens is 346 g/mol. The summed E-state index contributed by atoms with van der Waals surface area (Å²) in [5.74, 6) is -1.11. The molecule has 0 saturated heterocycles. The maximum absolute atomic E-state index is 12.7. The number of nitrogens with one attached hydrogen (secondary N) is 1. The quantitative estimate of drug-likeness (QED) is 0.788. The molecule has 1 N–H and O–H groups in total. The molecule has 1 aromatic heterocycles. The Bertz CT molecular complexity index is 665. The fourth-order valence-corrected chi connectivity index (χ4v) is 2.61. The van der Waals surface area contributed by atoms with Crippen LogP contribution in [0.1, 0.15) is 5.82 Å². The third-order valence-corrected chi connectivity index (χ3v) is 3.97. The fourth-order valence-electron chi connectivity index (χ4n) is 1.39. The fraction of sp³-hybridized carbons (Fsp3) is 0.167. The highest BCUT2D eigenvalue weighted by atomic mass is 35.5. The van der Waals surface area contributed by atoms with Crippen LogP contribution in [0.4, 0.5) is 19.0 Å². The molecule has 21 heavy (non-hydrogen) atoms. The smallest absolute Gasteiger partial charge is 0.373 e. The molecule has 0 unspecified atom stereocenters. The van der Waals surface area contributed by atoms with Crippen LogP contribution in [-0.2, 0) is 6.18 Å². The Morgan fingerprint density at radius 2 is 1.81 bits per heavy atom. The van der Waals surface area contributed by atoms with Crippen molar-refractivity contribution in [1.82, 2.24) is 9.97 Å². The van der Waals surface area contributed by atoms with E-state index in [0.717, 1.165) is 11.8 Å².